The van der Waals surface area contributed by atoms with Crippen molar-refractivity contribution in [3.05, 3.63) is 82.6 Å². The maximum atomic E-state index is 12.9. The molecule has 6 heteroatoms. The van der Waals surface area contributed by atoms with Gasteiger partial charge in [0.25, 0.3) is 0 Å². The van der Waals surface area contributed by atoms with Gasteiger partial charge in [0.15, 0.2) is 0 Å². The summed E-state index contributed by atoms with van der Waals surface area (Å²) in [6, 6.07) is 14.3. The Labute approximate surface area is 195 Å². The third kappa shape index (κ3) is 4.63. The first-order valence-electron chi connectivity index (χ1n) is 11.9. The van der Waals surface area contributed by atoms with Crippen LogP contribution in [0.4, 0.5) is 0 Å². The monoisotopic (exact) mass is 444 g/mol. The molecule has 5 rings (SSSR count). The van der Waals surface area contributed by atoms with Gasteiger partial charge in [0.2, 0.25) is 0 Å². The van der Waals surface area contributed by atoms with Crippen molar-refractivity contribution in [1.29, 1.82) is 0 Å². The van der Waals surface area contributed by atoms with Crippen molar-refractivity contribution in [3.8, 4) is 0 Å². The molecule has 0 amide bonds. The first kappa shape index (κ1) is 22.0. The molecular weight excluding hydrogens is 412 g/mol. The lowest BCUT2D eigenvalue weighted by Crippen LogP contribution is -2.37. The van der Waals surface area contributed by atoms with E-state index in [1.807, 2.05) is 12.1 Å². The van der Waals surface area contributed by atoms with Crippen LogP contribution in [-0.2, 0) is 11.2 Å². The normalized spacial score (nSPS) is 24.2. The summed E-state index contributed by atoms with van der Waals surface area (Å²) in [5, 5.41) is 18.7. The van der Waals surface area contributed by atoms with Gasteiger partial charge in [-0.2, -0.15) is 5.11 Å². The fourth-order valence-corrected chi connectivity index (χ4v) is 5.46. The molecule has 1 aliphatic carbocycles. The molecule has 0 bridgehead atoms. The molecule has 3 unspecified atom stereocenters. The van der Waals surface area contributed by atoms with Gasteiger partial charge in [-0.25, -0.2) is 0 Å². The standard InChI is InChI=1S/C27H32N4O2/c1-17-3-5-20(6-4-17)26(33)16-31-11-9-19(10-12-31)13-24-23-8-7-21(14-22(23)15-25(24)32)27-18(2)28-30-29-27/h3-8,14,19,24,26-27,33H,2,9-13,15-16H2,1H3,(H,28,29). The summed E-state index contributed by atoms with van der Waals surface area (Å²) in [7, 11) is 0. The molecule has 2 aromatic rings. The summed E-state index contributed by atoms with van der Waals surface area (Å²) in [5.41, 5.74) is 9.14. The highest BCUT2D eigenvalue weighted by atomic mass is 16.3. The maximum Gasteiger partial charge on any atom is 0.144 e. The van der Waals surface area contributed by atoms with Crippen LogP contribution >= 0.6 is 0 Å². The Morgan fingerprint density at radius 3 is 2.64 bits per heavy atom. The number of hydrogen-bond donors (Lipinski definition) is 2. The molecule has 3 aliphatic rings. The van der Waals surface area contributed by atoms with E-state index in [0.29, 0.717) is 24.7 Å². The molecule has 0 spiro atoms. The van der Waals surface area contributed by atoms with E-state index in [1.165, 1.54) is 11.1 Å². The van der Waals surface area contributed by atoms with Crippen LogP contribution in [0.2, 0.25) is 0 Å². The Hall–Kier alpha value is -2.83. The van der Waals surface area contributed by atoms with E-state index in [4.69, 9.17) is 0 Å². The van der Waals surface area contributed by atoms with Crippen LogP contribution in [0.5, 0.6) is 0 Å². The van der Waals surface area contributed by atoms with Crippen molar-refractivity contribution in [2.75, 3.05) is 19.6 Å². The lowest BCUT2D eigenvalue weighted by molar-refractivity contribution is -0.119. The summed E-state index contributed by atoms with van der Waals surface area (Å²) in [6.07, 6.45) is 3.14. The number of carbonyl (C=O) groups is 1. The molecule has 0 aromatic heterocycles. The Morgan fingerprint density at radius 1 is 1.18 bits per heavy atom. The zero-order chi connectivity index (χ0) is 22.9. The number of piperidine rings is 1. The number of aliphatic hydroxyl groups excluding tert-OH is 1. The zero-order valence-electron chi connectivity index (χ0n) is 19.2. The van der Waals surface area contributed by atoms with Crippen molar-refractivity contribution in [2.45, 2.75) is 50.7 Å². The fraction of sp³-hybridized carbons (Fsp3) is 0.444. The summed E-state index contributed by atoms with van der Waals surface area (Å²) in [6.45, 7) is 8.65. The quantitative estimate of drug-likeness (QED) is 0.685. The molecule has 1 saturated heterocycles. The van der Waals surface area contributed by atoms with Crippen LogP contribution in [0, 0.1) is 12.8 Å². The molecule has 1 fully saturated rings. The van der Waals surface area contributed by atoms with Gasteiger partial charge in [-0.3, -0.25) is 10.2 Å². The van der Waals surface area contributed by atoms with E-state index in [0.717, 1.165) is 54.7 Å². The highest BCUT2D eigenvalue weighted by Gasteiger charge is 2.34. The summed E-state index contributed by atoms with van der Waals surface area (Å²) < 4.78 is 0. The number of ketones is 1. The predicted octanol–water partition coefficient (Wildman–Crippen LogP) is 4.56. The summed E-state index contributed by atoms with van der Waals surface area (Å²) >= 11 is 0. The van der Waals surface area contributed by atoms with Crippen molar-refractivity contribution in [3.63, 3.8) is 0 Å². The van der Waals surface area contributed by atoms with Crippen molar-refractivity contribution in [2.24, 2.45) is 16.3 Å². The predicted molar refractivity (Wildman–Crippen MR) is 128 cm³/mol. The lowest BCUT2D eigenvalue weighted by atomic mass is 9.84. The van der Waals surface area contributed by atoms with Gasteiger partial charge in [-0.15, -0.1) is 0 Å². The number of aliphatic hydroxyl groups is 1. The number of aryl methyl sites for hydroxylation is 1. The first-order chi connectivity index (χ1) is 16.0. The third-order valence-electron chi connectivity index (χ3n) is 7.48. The van der Waals surface area contributed by atoms with E-state index in [2.05, 4.69) is 64.5 Å². The Kier molecular flexibility index (Phi) is 6.13. The molecule has 2 heterocycles. The largest absolute Gasteiger partial charge is 0.387 e. The highest BCUT2D eigenvalue weighted by molar-refractivity contribution is 5.92. The minimum atomic E-state index is -0.453. The van der Waals surface area contributed by atoms with Gasteiger partial charge in [0, 0.05) is 18.9 Å². The summed E-state index contributed by atoms with van der Waals surface area (Å²) in [4.78, 5) is 15.2. The topological polar surface area (TPSA) is 77.3 Å². The molecule has 2 aromatic carbocycles. The molecular formula is C27H32N4O2. The Bertz CT molecular complexity index is 1070. The van der Waals surface area contributed by atoms with Gasteiger partial charge in [-0.1, -0.05) is 59.8 Å². The minimum Gasteiger partial charge on any atom is -0.387 e. The van der Waals surface area contributed by atoms with Crippen LogP contribution < -0.4 is 5.43 Å². The number of hydrogen-bond acceptors (Lipinski definition) is 6. The second kappa shape index (κ2) is 9.20. The number of carbonyl (C=O) groups excluding carboxylic acids is 1. The molecule has 33 heavy (non-hydrogen) atoms. The van der Waals surface area contributed by atoms with E-state index in [-0.39, 0.29) is 12.0 Å². The van der Waals surface area contributed by atoms with Crippen LogP contribution in [0.15, 0.2) is 65.1 Å². The Morgan fingerprint density at radius 2 is 1.94 bits per heavy atom. The van der Waals surface area contributed by atoms with Crippen molar-refractivity contribution < 1.29 is 9.90 Å². The smallest absolute Gasteiger partial charge is 0.144 e. The number of rotatable bonds is 6. The number of nitrogens with zero attached hydrogens (tertiary/aromatic N) is 3. The van der Waals surface area contributed by atoms with Gasteiger partial charge < -0.3 is 10.0 Å². The van der Waals surface area contributed by atoms with Gasteiger partial charge >= 0.3 is 0 Å². The minimum absolute atomic E-state index is 0.00952. The second-order valence-electron chi connectivity index (χ2n) is 9.82. The number of Topliss-reactive ketones (excluding diaryl/α,β-unsaturated/α-hetero) is 1. The zero-order valence-corrected chi connectivity index (χ0v) is 19.2. The van der Waals surface area contributed by atoms with Crippen molar-refractivity contribution in [1.82, 2.24) is 10.3 Å². The van der Waals surface area contributed by atoms with E-state index < -0.39 is 6.10 Å². The van der Waals surface area contributed by atoms with E-state index >= 15 is 0 Å². The van der Waals surface area contributed by atoms with Crippen LogP contribution in [0.25, 0.3) is 0 Å². The number of likely N-dealkylation sites (tertiary alicyclic amines) is 1. The molecule has 172 valence electrons. The lowest BCUT2D eigenvalue weighted by Gasteiger charge is -2.34. The number of β-amino-alcohol motifs (C(OH)–C–C–N with tert-alkyl or cyclic N) is 1. The molecule has 2 aliphatic heterocycles. The molecule has 3 atom stereocenters. The molecule has 6 nitrogen and oxygen atoms in total. The number of nitrogens with one attached hydrogen (secondary N) is 1. The van der Waals surface area contributed by atoms with Crippen LogP contribution in [-0.4, -0.2) is 35.4 Å². The average molecular weight is 445 g/mol. The molecule has 2 N–H and O–H groups in total. The van der Waals surface area contributed by atoms with Gasteiger partial charge in [0.05, 0.1) is 11.8 Å². The van der Waals surface area contributed by atoms with E-state index in [9.17, 15) is 9.90 Å². The second-order valence-corrected chi connectivity index (χ2v) is 9.82. The highest BCUT2D eigenvalue weighted by Crippen LogP contribution is 2.40. The number of benzene rings is 2. The van der Waals surface area contributed by atoms with Crippen LogP contribution in [0.1, 0.15) is 65.1 Å². The van der Waals surface area contributed by atoms with Crippen molar-refractivity contribution >= 4 is 5.78 Å². The average Bonchev–Trinajstić information content (AvgIpc) is 3.37. The summed E-state index contributed by atoms with van der Waals surface area (Å²) in [5.74, 6) is 0.893. The molecule has 0 saturated carbocycles. The maximum absolute atomic E-state index is 12.9. The Balaban J connectivity index is 1.17. The first-order valence-corrected chi connectivity index (χ1v) is 11.9. The van der Waals surface area contributed by atoms with Gasteiger partial charge in [0.1, 0.15) is 11.8 Å². The fourth-order valence-electron chi connectivity index (χ4n) is 5.46. The van der Waals surface area contributed by atoms with Gasteiger partial charge in [-0.05, 0) is 67.4 Å². The number of fused-ring (bicyclic) bond motifs is 1. The van der Waals surface area contributed by atoms with Crippen LogP contribution in [0.3, 0.4) is 0 Å². The van der Waals surface area contributed by atoms with E-state index in [1.54, 1.807) is 0 Å². The molecule has 0 radical (unpaired) electrons. The third-order valence-corrected chi connectivity index (χ3v) is 7.48. The SMILES string of the molecule is C=C1NN=NC1c1ccc2c(c1)CC(=O)C2CC1CCN(CC(O)c2ccc(C)cc2)CC1.